The zero-order valence-electron chi connectivity index (χ0n) is 11.9. The van der Waals surface area contributed by atoms with E-state index < -0.39 is 4.92 Å². The molecule has 1 aliphatic rings. The summed E-state index contributed by atoms with van der Waals surface area (Å²) in [5, 5.41) is 13.7. The van der Waals surface area contributed by atoms with E-state index >= 15 is 0 Å². The van der Waals surface area contributed by atoms with Crippen LogP contribution in [0.25, 0.3) is 0 Å². The number of nitrogens with one attached hydrogen (secondary N) is 1. The van der Waals surface area contributed by atoms with E-state index in [0.29, 0.717) is 18.2 Å². The second-order valence-electron chi connectivity index (χ2n) is 5.25. The van der Waals surface area contributed by atoms with E-state index in [9.17, 15) is 14.9 Å². The van der Waals surface area contributed by atoms with Gasteiger partial charge in [-0.25, -0.2) is 4.57 Å². The molecule has 0 bridgehead atoms. The van der Waals surface area contributed by atoms with Gasteiger partial charge in [0.15, 0.2) is 5.69 Å². The maximum absolute atomic E-state index is 12.2. The van der Waals surface area contributed by atoms with Gasteiger partial charge in [0.1, 0.15) is 0 Å². The number of nitrogens with two attached hydrogens (primary N) is 1. The highest BCUT2D eigenvalue weighted by atomic mass is 35.5. The zero-order chi connectivity index (χ0) is 14.7. The highest BCUT2D eigenvalue weighted by Crippen LogP contribution is 2.24. The molecule has 7 nitrogen and oxygen atoms in total. The van der Waals surface area contributed by atoms with Gasteiger partial charge in [0.2, 0.25) is 0 Å². The normalized spacial score (nSPS) is 21.4. The first-order chi connectivity index (χ1) is 9.54. The average molecular weight is 317 g/mol. The Kier molecular flexibility index (Phi) is 6.17. The third kappa shape index (κ3) is 3.74. The minimum Gasteiger partial charge on any atom is -0.358 e. The number of carbonyl (C=O) groups is 1. The van der Waals surface area contributed by atoms with Crippen molar-refractivity contribution in [3.8, 4) is 0 Å². The van der Waals surface area contributed by atoms with Crippen molar-refractivity contribution in [2.24, 2.45) is 18.7 Å². The van der Waals surface area contributed by atoms with E-state index in [-0.39, 0.29) is 30.2 Å². The lowest BCUT2D eigenvalue weighted by molar-refractivity contribution is -0.391. The van der Waals surface area contributed by atoms with Gasteiger partial charge in [-0.2, -0.15) is 0 Å². The molecule has 8 heteroatoms. The third-order valence-corrected chi connectivity index (χ3v) is 4.04. The molecular weight excluding hydrogens is 296 g/mol. The average Bonchev–Trinajstić information content (AvgIpc) is 2.81. The van der Waals surface area contributed by atoms with Crippen molar-refractivity contribution in [1.82, 2.24) is 9.88 Å². The Morgan fingerprint density at radius 3 is 2.71 bits per heavy atom. The van der Waals surface area contributed by atoms with Crippen molar-refractivity contribution >= 4 is 24.1 Å². The molecule has 1 heterocycles. The fraction of sp³-hybridized carbons (Fsp3) is 0.615. The number of aromatic nitrogens is 1. The molecule has 1 aliphatic carbocycles. The van der Waals surface area contributed by atoms with Crippen LogP contribution in [-0.2, 0) is 7.05 Å². The van der Waals surface area contributed by atoms with Gasteiger partial charge in [-0.3, -0.25) is 4.79 Å². The van der Waals surface area contributed by atoms with E-state index in [1.54, 1.807) is 0 Å². The monoisotopic (exact) mass is 316 g/mol. The maximum Gasteiger partial charge on any atom is 0.323 e. The Balaban J connectivity index is 0.00000220. The van der Waals surface area contributed by atoms with Crippen molar-refractivity contribution in [1.29, 1.82) is 0 Å². The summed E-state index contributed by atoms with van der Waals surface area (Å²) in [5.74, 6) is -0.0666. The highest BCUT2D eigenvalue weighted by Gasteiger charge is 2.28. The SMILES string of the molecule is Cl.Cn1c(C(=O)NC2CCCCC2CN)ccc1[N+](=O)[O-]. The van der Waals surface area contributed by atoms with E-state index in [2.05, 4.69) is 5.32 Å². The van der Waals surface area contributed by atoms with Crippen molar-refractivity contribution < 1.29 is 9.72 Å². The van der Waals surface area contributed by atoms with Crippen LogP contribution in [0, 0.1) is 16.0 Å². The fourth-order valence-electron chi connectivity index (χ4n) is 2.83. The van der Waals surface area contributed by atoms with Crippen LogP contribution in [0.2, 0.25) is 0 Å². The molecule has 118 valence electrons. The summed E-state index contributed by atoms with van der Waals surface area (Å²) in [7, 11) is 1.52. The van der Waals surface area contributed by atoms with Gasteiger partial charge < -0.3 is 21.2 Å². The lowest BCUT2D eigenvalue weighted by Crippen LogP contribution is -2.45. The van der Waals surface area contributed by atoms with Gasteiger partial charge in [-0.05, 0) is 36.3 Å². The molecular formula is C13H21ClN4O3. The molecule has 1 aromatic rings. The minimum absolute atomic E-state index is 0. The van der Waals surface area contributed by atoms with Crippen LogP contribution < -0.4 is 11.1 Å². The van der Waals surface area contributed by atoms with E-state index in [4.69, 9.17) is 5.73 Å². The highest BCUT2D eigenvalue weighted by molar-refractivity contribution is 5.93. The molecule has 3 N–H and O–H groups in total. The Morgan fingerprint density at radius 2 is 2.14 bits per heavy atom. The number of amides is 1. The van der Waals surface area contributed by atoms with E-state index in [0.717, 1.165) is 25.7 Å². The summed E-state index contributed by atoms with van der Waals surface area (Å²) in [4.78, 5) is 22.5. The molecule has 21 heavy (non-hydrogen) atoms. The lowest BCUT2D eigenvalue weighted by Gasteiger charge is -2.31. The molecule has 0 aliphatic heterocycles. The van der Waals surface area contributed by atoms with Gasteiger partial charge in [-0.1, -0.05) is 12.8 Å². The Hall–Kier alpha value is -1.60. The van der Waals surface area contributed by atoms with Crippen molar-refractivity contribution in [2.45, 2.75) is 31.7 Å². The first-order valence-electron chi connectivity index (χ1n) is 6.85. The minimum atomic E-state index is -0.500. The first kappa shape index (κ1) is 17.5. The summed E-state index contributed by atoms with van der Waals surface area (Å²) < 4.78 is 1.30. The predicted octanol–water partition coefficient (Wildman–Crippen LogP) is 1.60. The van der Waals surface area contributed by atoms with Crippen LogP contribution in [0.15, 0.2) is 12.1 Å². The molecule has 2 atom stereocenters. The lowest BCUT2D eigenvalue weighted by atomic mass is 9.84. The molecule has 1 aromatic heterocycles. The van der Waals surface area contributed by atoms with Gasteiger partial charge >= 0.3 is 5.82 Å². The molecule has 1 fully saturated rings. The number of nitro groups is 1. The Labute approximate surface area is 129 Å². The molecule has 0 saturated heterocycles. The summed E-state index contributed by atoms with van der Waals surface area (Å²) >= 11 is 0. The van der Waals surface area contributed by atoms with Crippen molar-refractivity contribution in [2.75, 3.05) is 6.54 Å². The second-order valence-corrected chi connectivity index (χ2v) is 5.25. The van der Waals surface area contributed by atoms with Gasteiger partial charge in [0, 0.05) is 12.1 Å². The summed E-state index contributed by atoms with van der Waals surface area (Å²) in [6, 6.07) is 2.89. The molecule has 0 radical (unpaired) electrons. The molecule has 1 amide bonds. The number of hydrogen-bond donors (Lipinski definition) is 2. The largest absolute Gasteiger partial charge is 0.358 e. The molecule has 1 saturated carbocycles. The van der Waals surface area contributed by atoms with Crippen LogP contribution in [0.5, 0.6) is 0 Å². The zero-order valence-corrected chi connectivity index (χ0v) is 12.8. The molecule has 0 spiro atoms. The second kappa shape index (κ2) is 7.42. The van der Waals surface area contributed by atoms with Crippen molar-refractivity contribution in [3.05, 3.63) is 27.9 Å². The fourth-order valence-corrected chi connectivity index (χ4v) is 2.83. The van der Waals surface area contributed by atoms with Crippen LogP contribution in [0.4, 0.5) is 5.82 Å². The quantitative estimate of drug-likeness (QED) is 0.650. The number of rotatable bonds is 4. The van der Waals surface area contributed by atoms with Gasteiger partial charge in [0.25, 0.3) is 5.91 Å². The predicted molar refractivity (Wildman–Crippen MR) is 81.6 cm³/mol. The molecule has 2 unspecified atom stereocenters. The standard InChI is InChI=1S/C13H20N4O3.ClH/c1-16-11(6-7-12(16)17(19)20)13(18)15-10-5-3-2-4-9(10)8-14;/h6-7,9-10H,2-5,8,14H2,1H3,(H,15,18);1H. The number of nitrogens with zero attached hydrogens (tertiary/aromatic N) is 2. The number of carbonyl (C=O) groups excluding carboxylic acids is 1. The van der Waals surface area contributed by atoms with Crippen LogP contribution >= 0.6 is 12.4 Å². The van der Waals surface area contributed by atoms with Crippen LogP contribution in [0.3, 0.4) is 0 Å². The number of hydrogen-bond acceptors (Lipinski definition) is 4. The first-order valence-corrected chi connectivity index (χ1v) is 6.85. The van der Waals surface area contributed by atoms with Gasteiger partial charge in [-0.15, -0.1) is 12.4 Å². The number of halogens is 1. The topological polar surface area (TPSA) is 103 Å². The molecule has 2 rings (SSSR count). The van der Waals surface area contributed by atoms with Crippen LogP contribution in [0.1, 0.15) is 36.2 Å². The maximum atomic E-state index is 12.2. The summed E-state index contributed by atoms with van der Waals surface area (Å²) in [6.07, 6.45) is 4.16. The summed E-state index contributed by atoms with van der Waals surface area (Å²) in [5.41, 5.74) is 6.04. The third-order valence-electron chi connectivity index (χ3n) is 4.04. The van der Waals surface area contributed by atoms with Crippen LogP contribution in [-0.4, -0.2) is 28.0 Å². The summed E-state index contributed by atoms with van der Waals surface area (Å²) in [6.45, 7) is 0.554. The molecule has 0 aromatic carbocycles. The Morgan fingerprint density at radius 1 is 1.48 bits per heavy atom. The van der Waals surface area contributed by atoms with E-state index in [1.807, 2.05) is 0 Å². The smallest absolute Gasteiger partial charge is 0.323 e. The van der Waals surface area contributed by atoms with Gasteiger partial charge in [0.05, 0.1) is 7.05 Å². The van der Waals surface area contributed by atoms with Crippen molar-refractivity contribution in [3.63, 3.8) is 0 Å². The van der Waals surface area contributed by atoms with E-state index in [1.165, 1.54) is 23.7 Å². The Bertz CT molecular complexity index is 518.